The van der Waals surface area contributed by atoms with E-state index in [0.29, 0.717) is 23.2 Å². The van der Waals surface area contributed by atoms with Gasteiger partial charge in [-0.05, 0) is 12.5 Å². The largest absolute Gasteiger partial charge is 0.451 e. The van der Waals surface area contributed by atoms with E-state index in [1.165, 1.54) is 12.8 Å². The monoisotopic (exact) mass is 372 g/mol. The number of para-hydroxylation sites is 1. The average molecular weight is 372 g/mol. The fraction of sp³-hybridized carbons (Fsp3) is 0.474. The van der Waals surface area contributed by atoms with Gasteiger partial charge in [0.15, 0.2) is 11.9 Å². The number of aromatic nitrogens is 3. The molecule has 1 amide bonds. The summed E-state index contributed by atoms with van der Waals surface area (Å²) >= 11 is 1.59. The van der Waals surface area contributed by atoms with E-state index < -0.39 is 6.23 Å². The molecule has 7 heteroatoms. The molecule has 3 rings (SSSR count). The second-order valence-corrected chi connectivity index (χ2v) is 7.25. The lowest BCUT2D eigenvalue weighted by Crippen LogP contribution is -2.42. The molecular weight excluding hydrogens is 348 g/mol. The number of amides is 1. The molecule has 26 heavy (non-hydrogen) atoms. The molecule has 1 atom stereocenters. The molecule has 138 valence electrons. The summed E-state index contributed by atoms with van der Waals surface area (Å²) in [6, 6.07) is 7.66. The third-order valence-corrected chi connectivity index (χ3v) is 5.18. The number of rotatable bonds is 6. The Kier molecular flexibility index (Phi) is 6.08. The standard InChI is InChI=1S/C19H24N4O2S/c1-4-6-9-12-26-19-20-18-17(21-22-19)14-10-7-8-11-15(14)23(13(3)24)16(5-2)25-18/h7-8,10-11,16H,4-6,9,12H2,1-3H3/t16-/m0/s1. The van der Waals surface area contributed by atoms with Crippen LogP contribution in [0.1, 0.15) is 46.5 Å². The number of nitrogens with zero attached hydrogens (tertiary/aromatic N) is 4. The highest BCUT2D eigenvalue weighted by Crippen LogP contribution is 2.39. The van der Waals surface area contributed by atoms with Gasteiger partial charge in [0.25, 0.3) is 0 Å². The molecule has 0 aliphatic carbocycles. The van der Waals surface area contributed by atoms with Gasteiger partial charge in [0.1, 0.15) is 0 Å². The zero-order valence-corrected chi connectivity index (χ0v) is 16.3. The van der Waals surface area contributed by atoms with E-state index in [4.69, 9.17) is 4.74 Å². The molecule has 0 spiro atoms. The first-order valence-electron chi connectivity index (χ1n) is 9.09. The lowest BCUT2D eigenvalue weighted by Gasteiger charge is -2.28. The molecule has 0 N–H and O–H groups in total. The maximum absolute atomic E-state index is 12.3. The van der Waals surface area contributed by atoms with Gasteiger partial charge in [0, 0.05) is 24.7 Å². The molecule has 0 bridgehead atoms. The minimum atomic E-state index is -0.412. The lowest BCUT2D eigenvalue weighted by molar-refractivity contribution is -0.118. The van der Waals surface area contributed by atoms with E-state index >= 15 is 0 Å². The zero-order valence-electron chi connectivity index (χ0n) is 15.4. The predicted molar refractivity (Wildman–Crippen MR) is 103 cm³/mol. The van der Waals surface area contributed by atoms with E-state index in [0.717, 1.165) is 23.4 Å². The van der Waals surface area contributed by atoms with E-state index in [9.17, 15) is 4.79 Å². The lowest BCUT2D eigenvalue weighted by atomic mass is 10.1. The van der Waals surface area contributed by atoms with E-state index in [2.05, 4.69) is 22.1 Å². The van der Waals surface area contributed by atoms with Gasteiger partial charge in [0.05, 0.1) is 5.69 Å². The van der Waals surface area contributed by atoms with Gasteiger partial charge in [-0.25, -0.2) is 0 Å². The Balaban J connectivity index is 1.98. The Morgan fingerprint density at radius 3 is 2.77 bits per heavy atom. The fourth-order valence-electron chi connectivity index (χ4n) is 2.98. The molecule has 1 aromatic heterocycles. The molecule has 0 radical (unpaired) electrons. The second-order valence-electron chi connectivity index (χ2n) is 6.19. The summed E-state index contributed by atoms with van der Waals surface area (Å²) in [6.45, 7) is 5.72. The number of ether oxygens (including phenoxy) is 1. The van der Waals surface area contributed by atoms with Gasteiger partial charge >= 0.3 is 0 Å². The summed E-state index contributed by atoms with van der Waals surface area (Å²) < 4.78 is 6.11. The SMILES string of the molecule is CCCCCSc1nnc2c(n1)O[C@@H](CC)N(C(C)=O)c1ccccc1-2. The van der Waals surface area contributed by atoms with Crippen LogP contribution in [0.25, 0.3) is 11.3 Å². The van der Waals surface area contributed by atoms with Gasteiger partial charge in [-0.2, -0.15) is 4.98 Å². The summed E-state index contributed by atoms with van der Waals surface area (Å²) in [4.78, 5) is 18.6. The van der Waals surface area contributed by atoms with Gasteiger partial charge in [0.2, 0.25) is 16.9 Å². The number of unbranched alkanes of at least 4 members (excludes halogenated alkanes) is 2. The summed E-state index contributed by atoms with van der Waals surface area (Å²) in [5, 5.41) is 9.27. The Labute approximate surface area is 158 Å². The highest BCUT2D eigenvalue weighted by molar-refractivity contribution is 7.99. The molecule has 0 fully saturated rings. The van der Waals surface area contributed by atoms with Crippen molar-refractivity contribution in [3.8, 4) is 17.1 Å². The third-order valence-electron chi connectivity index (χ3n) is 4.26. The van der Waals surface area contributed by atoms with Crippen molar-refractivity contribution < 1.29 is 9.53 Å². The van der Waals surface area contributed by atoms with E-state index in [1.54, 1.807) is 23.6 Å². The van der Waals surface area contributed by atoms with Crippen molar-refractivity contribution in [2.24, 2.45) is 0 Å². The minimum Gasteiger partial charge on any atom is -0.451 e. The first-order valence-corrected chi connectivity index (χ1v) is 10.1. The molecule has 2 heterocycles. The van der Waals surface area contributed by atoms with Crippen LogP contribution >= 0.6 is 11.8 Å². The van der Waals surface area contributed by atoms with Crippen LogP contribution in [-0.2, 0) is 4.79 Å². The summed E-state index contributed by atoms with van der Waals surface area (Å²) in [6.07, 6.45) is 3.74. The van der Waals surface area contributed by atoms with Crippen LogP contribution in [0.15, 0.2) is 29.4 Å². The highest BCUT2D eigenvalue weighted by atomic mass is 32.2. The topological polar surface area (TPSA) is 68.2 Å². The van der Waals surface area contributed by atoms with Gasteiger partial charge in [-0.3, -0.25) is 9.69 Å². The fourth-order valence-corrected chi connectivity index (χ4v) is 3.76. The summed E-state index contributed by atoms with van der Waals surface area (Å²) in [5.74, 6) is 1.34. The molecule has 0 saturated heterocycles. The third kappa shape index (κ3) is 3.82. The second kappa shape index (κ2) is 8.49. The van der Waals surface area contributed by atoms with Crippen molar-refractivity contribution in [3.63, 3.8) is 0 Å². The van der Waals surface area contributed by atoms with Crippen molar-refractivity contribution >= 4 is 23.4 Å². The van der Waals surface area contributed by atoms with Crippen LogP contribution in [0.4, 0.5) is 5.69 Å². The molecule has 0 saturated carbocycles. The number of hydrogen-bond acceptors (Lipinski definition) is 6. The summed E-state index contributed by atoms with van der Waals surface area (Å²) in [5.41, 5.74) is 2.18. The molecule has 1 aliphatic heterocycles. The number of carbonyl (C=O) groups is 1. The van der Waals surface area contributed by atoms with Crippen LogP contribution in [0, 0.1) is 0 Å². The number of fused-ring (bicyclic) bond motifs is 3. The van der Waals surface area contributed by atoms with Crippen molar-refractivity contribution in [1.82, 2.24) is 15.2 Å². The normalized spacial score (nSPS) is 15.7. The van der Waals surface area contributed by atoms with E-state index in [-0.39, 0.29) is 5.91 Å². The number of hydrogen-bond donors (Lipinski definition) is 0. The number of anilines is 1. The molecule has 6 nitrogen and oxygen atoms in total. The Bertz CT molecular complexity index is 784. The number of carbonyl (C=O) groups excluding carboxylic acids is 1. The minimum absolute atomic E-state index is 0.0702. The Morgan fingerprint density at radius 2 is 2.04 bits per heavy atom. The average Bonchev–Trinajstić information content (AvgIpc) is 2.79. The summed E-state index contributed by atoms with van der Waals surface area (Å²) in [7, 11) is 0. The van der Waals surface area contributed by atoms with Crippen LogP contribution in [0.2, 0.25) is 0 Å². The number of benzene rings is 1. The molecular formula is C19H24N4O2S. The van der Waals surface area contributed by atoms with Gasteiger partial charge in [-0.15, -0.1) is 10.2 Å². The van der Waals surface area contributed by atoms with Crippen molar-refractivity contribution in [3.05, 3.63) is 24.3 Å². The Morgan fingerprint density at radius 1 is 1.23 bits per heavy atom. The van der Waals surface area contributed by atoms with Crippen molar-refractivity contribution in [2.45, 2.75) is 57.8 Å². The smallest absolute Gasteiger partial charge is 0.247 e. The van der Waals surface area contributed by atoms with Crippen LogP contribution in [0.3, 0.4) is 0 Å². The van der Waals surface area contributed by atoms with Gasteiger partial charge < -0.3 is 4.74 Å². The van der Waals surface area contributed by atoms with Crippen molar-refractivity contribution in [1.29, 1.82) is 0 Å². The molecule has 1 aromatic carbocycles. The molecule has 1 aliphatic rings. The predicted octanol–water partition coefficient (Wildman–Crippen LogP) is 4.30. The van der Waals surface area contributed by atoms with Crippen LogP contribution < -0.4 is 9.64 Å². The van der Waals surface area contributed by atoms with E-state index in [1.807, 2.05) is 31.2 Å². The molecule has 2 aromatic rings. The maximum Gasteiger partial charge on any atom is 0.247 e. The quantitative estimate of drug-likeness (QED) is 0.556. The van der Waals surface area contributed by atoms with Crippen LogP contribution in [0.5, 0.6) is 5.88 Å². The molecule has 0 unspecified atom stereocenters. The van der Waals surface area contributed by atoms with Crippen LogP contribution in [-0.4, -0.2) is 33.1 Å². The first-order chi connectivity index (χ1) is 12.7. The van der Waals surface area contributed by atoms with Gasteiger partial charge in [-0.1, -0.05) is 56.7 Å². The zero-order chi connectivity index (χ0) is 18.5. The number of thioether (sulfide) groups is 1. The highest BCUT2D eigenvalue weighted by Gasteiger charge is 2.32. The Hall–Kier alpha value is -2.15. The maximum atomic E-state index is 12.3. The van der Waals surface area contributed by atoms with Crippen molar-refractivity contribution in [2.75, 3.05) is 10.7 Å². The first kappa shape index (κ1) is 18.6.